The van der Waals surface area contributed by atoms with Gasteiger partial charge in [0, 0.05) is 10.0 Å². The minimum atomic E-state index is -0.330. The molecule has 20 heavy (non-hydrogen) atoms. The molecule has 5 heteroatoms. The van der Waals surface area contributed by atoms with Gasteiger partial charge in [-0.3, -0.25) is 4.79 Å². The minimum absolute atomic E-state index is 0.245. The predicted octanol–water partition coefficient (Wildman–Crippen LogP) is 3.97. The second-order valence-electron chi connectivity index (χ2n) is 4.54. The van der Waals surface area contributed by atoms with Crippen molar-refractivity contribution < 1.29 is 9.18 Å². The van der Waals surface area contributed by atoms with Crippen LogP contribution in [0.1, 0.15) is 11.1 Å². The molecule has 0 bridgehead atoms. The van der Waals surface area contributed by atoms with Crippen molar-refractivity contribution in [3.05, 3.63) is 57.8 Å². The fourth-order valence-electron chi connectivity index (χ4n) is 2.15. The quantitative estimate of drug-likeness (QED) is 0.843. The van der Waals surface area contributed by atoms with Gasteiger partial charge in [0.05, 0.1) is 11.4 Å². The van der Waals surface area contributed by atoms with Crippen LogP contribution in [0.3, 0.4) is 0 Å². The molecule has 0 fully saturated rings. The van der Waals surface area contributed by atoms with Crippen LogP contribution in [0.5, 0.6) is 0 Å². The van der Waals surface area contributed by atoms with Gasteiger partial charge in [-0.1, -0.05) is 15.9 Å². The lowest BCUT2D eigenvalue weighted by Gasteiger charge is -2.03. The van der Waals surface area contributed by atoms with E-state index in [0.29, 0.717) is 11.4 Å². The molecule has 0 unspecified atom stereocenters. The van der Waals surface area contributed by atoms with E-state index in [9.17, 15) is 9.18 Å². The van der Waals surface area contributed by atoms with Crippen LogP contribution in [0.4, 0.5) is 15.8 Å². The van der Waals surface area contributed by atoms with E-state index in [4.69, 9.17) is 0 Å². The number of fused-ring (bicyclic) bond motifs is 1. The normalized spacial score (nSPS) is 15.3. The first-order chi connectivity index (χ1) is 9.54. The zero-order valence-corrected chi connectivity index (χ0v) is 12.2. The SMILES string of the molecule is Cc1cc(Br)cc2c1NC(=O)C2=Nc1ccc(F)cc1. The summed E-state index contributed by atoms with van der Waals surface area (Å²) in [5.41, 5.74) is 3.38. The molecule has 0 radical (unpaired) electrons. The fourth-order valence-corrected chi connectivity index (χ4v) is 2.72. The highest BCUT2D eigenvalue weighted by Crippen LogP contribution is 2.32. The predicted molar refractivity (Wildman–Crippen MR) is 80.1 cm³/mol. The summed E-state index contributed by atoms with van der Waals surface area (Å²) >= 11 is 3.41. The smallest absolute Gasteiger partial charge is 0.275 e. The standard InChI is InChI=1S/C15H10BrFN2O/c1-8-6-9(16)7-12-13(8)19-15(20)14(12)18-11-4-2-10(17)3-5-11/h2-7H,1H3,(H,18,19,20). The largest absolute Gasteiger partial charge is 0.320 e. The van der Waals surface area contributed by atoms with Crippen molar-refractivity contribution in [3.63, 3.8) is 0 Å². The van der Waals surface area contributed by atoms with E-state index in [0.717, 1.165) is 21.3 Å². The molecule has 100 valence electrons. The Hall–Kier alpha value is -2.01. The molecule has 1 aliphatic rings. The zero-order valence-electron chi connectivity index (χ0n) is 10.6. The number of amides is 1. The summed E-state index contributed by atoms with van der Waals surface area (Å²) in [5.74, 6) is -0.575. The fraction of sp³-hybridized carbons (Fsp3) is 0.0667. The van der Waals surface area contributed by atoms with Crippen LogP contribution in [0.15, 0.2) is 45.9 Å². The average Bonchev–Trinajstić information content (AvgIpc) is 2.70. The lowest BCUT2D eigenvalue weighted by molar-refractivity contribution is -0.110. The molecular weight excluding hydrogens is 323 g/mol. The second kappa shape index (κ2) is 4.83. The Morgan fingerprint density at radius 1 is 1.20 bits per heavy atom. The number of halogens is 2. The molecule has 3 nitrogen and oxygen atoms in total. The summed E-state index contributed by atoms with van der Waals surface area (Å²) in [4.78, 5) is 16.4. The van der Waals surface area contributed by atoms with E-state index in [2.05, 4.69) is 26.2 Å². The Kier molecular flexibility index (Phi) is 3.14. The highest BCUT2D eigenvalue weighted by Gasteiger charge is 2.27. The number of carbonyl (C=O) groups excluding carboxylic acids is 1. The third-order valence-corrected chi connectivity index (χ3v) is 3.53. The van der Waals surface area contributed by atoms with Crippen molar-refractivity contribution in [2.24, 2.45) is 4.99 Å². The van der Waals surface area contributed by atoms with E-state index < -0.39 is 0 Å². The van der Waals surface area contributed by atoms with Crippen LogP contribution in [-0.2, 0) is 4.79 Å². The maximum absolute atomic E-state index is 12.9. The van der Waals surface area contributed by atoms with Gasteiger partial charge >= 0.3 is 0 Å². The number of aliphatic imine (C=N–C) groups is 1. The lowest BCUT2D eigenvalue weighted by atomic mass is 10.1. The first-order valence-corrected chi connectivity index (χ1v) is 6.80. The highest BCUT2D eigenvalue weighted by atomic mass is 79.9. The highest BCUT2D eigenvalue weighted by molar-refractivity contribution is 9.10. The van der Waals surface area contributed by atoms with Gasteiger partial charge in [-0.15, -0.1) is 0 Å². The van der Waals surface area contributed by atoms with Gasteiger partial charge in [0.2, 0.25) is 0 Å². The van der Waals surface area contributed by atoms with Crippen molar-refractivity contribution in [2.75, 3.05) is 5.32 Å². The molecule has 2 aromatic carbocycles. The Morgan fingerprint density at radius 3 is 2.60 bits per heavy atom. The third kappa shape index (κ3) is 2.25. The van der Waals surface area contributed by atoms with Crippen LogP contribution in [0, 0.1) is 12.7 Å². The van der Waals surface area contributed by atoms with Crippen molar-refractivity contribution in [1.82, 2.24) is 0 Å². The van der Waals surface area contributed by atoms with Crippen molar-refractivity contribution in [2.45, 2.75) is 6.92 Å². The van der Waals surface area contributed by atoms with Crippen LogP contribution in [-0.4, -0.2) is 11.6 Å². The van der Waals surface area contributed by atoms with Gasteiger partial charge in [-0.25, -0.2) is 9.38 Å². The molecule has 0 atom stereocenters. The van der Waals surface area contributed by atoms with Gasteiger partial charge in [-0.05, 0) is 48.9 Å². The molecule has 0 aliphatic carbocycles. The number of carbonyl (C=O) groups is 1. The molecule has 1 amide bonds. The maximum atomic E-state index is 12.9. The van der Waals surface area contributed by atoms with Crippen LogP contribution in [0.25, 0.3) is 0 Å². The summed E-state index contributed by atoms with van der Waals surface area (Å²) in [6, 6.07) is 9.50. The first-order valence-electron chi connectivity index (χ1n) is 6.01. The van der Waals surface area contributed by atoms with Gasteiger partial charge in [-0.2, -0.15) is 0 Å². The van der Waals surface area contributed by atoms with Crippen LogP contribution < -0.4 is 5.32 Å². The number of rotatable bonds is 1. The van der Waals surface area contributed by atoms with Crippen molar-refractivity contribution >= 4 is 38.9 Å². The van der Waals surface area contributed by atoms with Gasteiger partial charge < -0.3 is 5.32 Å². The molecule has 0 saturated heterocycles. The molecular formula is C15H10BrFN2O. The Bertz CT molecular complexity index is 738. The average molecular weight is 333 g/mol. The lowest BCUT2D eigenvalue weighted by Crippen LogP contribution is -2.13. The van der Waals surface area contributed by atoms with E-state index >= 15 is 0 Å². The Labute approximate surface area is 123 Å². The summed E-state index contributed by atoms with van der Waals surface area (Å²) in [5, 5.41) is 2.81. The number of nitrogens with one attached hydrogen (secondary N) is 1. The van der Waals surface area contributed by atoms with Crippen molar-refractivity contribution in [1.29, 1.82) is 0 Å². The summed E-state index contributed by atoms with van der Waals surface area (Å²) in [6.07, 6.45) is 0. The number of benzene rings is 2. The number of nitrogens with zero attached hydrogens (tertiary/aromatic N) is 1. The molecule has 2 aromatic rings. The summed E-state index contributed by atoms with van der Waals surface area (Å²) in [7, 11) is 0. The number of hydrogen-bond acceptors (Lipinski definition) is 2. The monoisotopic (exact) mass is 332 g/mol. The zero-order chi connectivity index (χ0) is 14.3. The van der Waals surface area contributed by atoms with Gasteiger partial charge in [0.15, 0.2) is 0 Å². The molecule has 3 rings (SSSR count). The molecule has 1 heterocycles. The second-order valence-corrected chi connectivity index (χ2v) is 5.45. The van der Waals surface area contributed by atoms with E-state index in [1.807, 2.05) is 19.1 Å². The number of hydrogen-bond donors (Lipinski definition) is 1. The Balaban J connectivity index is 2.12. The van der Waals surface area contributed by atoms with Gasteiger partial charge in [0.1, 0.15) is 11.5 Å². The molecule has 1 aliphatic heterocycles. The first kappa shape index (κ1) is 13.0. The summed E-state index contributed by atoms with van der Waals surface area (Å²) < 4.78 is 13.8. The van der Waals surface area contributed by atoms with Crippen LogP contribution >= 0.6 is 15.9 Å². The molecule has 0 aromatic heterocycles. The minimum Gasteiger partial charge on any atom is -0.320 e. The van der Waals surface area contributed by atoms with Crippen molar-refractivity contribution in [3.8, 4) is 0 Å². The Morgan fingerprint density at radius 2 is 1.90 bits per heavy atom. The number of anilines is 1. The van der Waals surface area contributed by atoms with E-state index in [1.54, 1.807) is 12.1 Å². The van der Waals surface area contributed by atoms with Crippen LogP contribution in [0.2, 0.25) is 0 Å². The maximum Gasteiger partial charge on any atom is 0.275 e. The molecule has 0 spiro atoms. The topological polar surface area (TPSA) is 41.5 Å². The van der Waals surface area contributed by atoms with E-state index in [-0.39, 0.29) is 11.7 Å². The third-order valence-electron chi connectivity index (χ3n) is 3.08. The number of aryl methyl sites for hydroxylation is 1. The molecule has 0 saturated carbocycles. The van der Waals surface area contributed by atoms with E-state index in [1.165, 1.54) is 12.1 Å². The summed E-state index contributed by atoms with van der Waals surface area (Å²) in [6.45, 7) is 1.92. The molecule has 1 N–H and O–H groups in total. The van der Waals surface area contributed by atoms with Gasteiger partial charge in [0.25, 0.3) is 5.91 Å².